The summed E-state index contributed by atoms with van der Waals surface area (Å²) < 4.78 is 1.68. The fourth-order valence-corrected chi connectivity index (χ4v) is 2.67. The van der Waals surface area contributed by atoms with E-state index in [4.69, 9.17) is 0 Å². The number of aryl methyl sites for hydroxylation is 1. The van der Waals surface area contributed by atoms with Crippen molar-refractivity contribution in [3.8, 4) is 5.69 Å². The average molecular weight is 373 g/mol. The summed E-state index contributed by atoms with van der Waals surface area (Å²) in [5.41, 5.74) is 2.69. The molecule has 3 nitrogen and oxygen atoms in total. The molecule has 0 saturated carbocycles. The Morgan fingerprint density at radius 2 is 1.65 bits per heavy atom. The van der Waals surface area contributed by atoms with Crippen molar-refractivity contribution in [2.75, 3.05) is 0 Å². The number of para-hydroxylation sites is 1. The number of fused-ring (bicyclic) bond motifs is 1. The molecule has 0 bridgehead atoms. The van der Waals surface area contributed by atoms with Crippen LogP contribution in [0.25, 0.3) is 16.6 Å². The first kappa shape index (κ1) is 17.4. The fourth-order valence-electron chi connectivity index (χ4n) is 2.36. The molecule has 0 aliphatic rings. The molecule has 1 unspecified atom stereocenters. The van der Waals surface area contributed by atoms with Crippen LogP contribution in [0.1, 0.15) is 37.0 Å². The average Bonchev–Trinajstić information content (AvgIpc) is 2.57. The van der Waals surface area contributed by atoms with Crippen molar-refractivity contribution in [2.45, 2.75) is 32.5 Å². The first-order valence-corrected chi connectivity index (χ1v) is 8.72. The lowest BCUT2D eigenvalue weighted by atomic mass is 10.2. The molecule has 0 aliphatic carbocycles. The van der Waals surface area contributed by atoms with Gasteiger partial charge >= 0.3 is 0 Å². The van der Waals surface area contributed by atoms with E-state index in [-0.39, 0.29) is 10.4 Å². The molecule has 0 N–H and O–H groups in total. The van der Waals surface area contributed by atoms with E-state index in [9.17, 15) is 4.79 Å². The zero-order chi connectivity index (χ0) is 17.0. The molecule has 0 amide bonds. The van der Waals surface area contributed by atoms with Crippen molar-refractivity contribution in [3.63, 3.8) is 0 Å². The summed E-state index contributed by atoms with van der Waals surface area (Å²) in [6.45, 7) is 8.00. The van der Waals surface area contributed by atoms with Gasteiger partial charge in [-0.1, -0.05) is 59.6 Å². The van der Waals surface area contributed by atoms with Crippen molar-refractivity contribution < 1.29 is 0 Å². The van der Waals surface area contributed by atoms with Gasteiger partial charge in [-0.25, -0.2) is 4.98 Å². The summed E-state index contributed by atoms with van der Waals surface area (Å²) in [7, 11) is 0. The highest BCUT2D eigenvalue weighted by Crippen LogP contribution is 2.23. The van der Waals surface area contributed by atoms with Crippen LogP contribution in [-0.2, 0) is 0 Å². The second-order valence-corrected chi connectivity index (χ2v) is 6.45. The van der Waals surface area contributed by atoms with E-state index in [0.29, 0.717) is 11.2 Å². The molecule has 120 valence electrons. The third-order valence-electron chi connectivity index (χ3n) is 3.45. The standard InChI is InChI=1S/C17H15BrN2O.C2H6/c1-11-7-9-13(10-8-11)20-16(12(2)18)19-15-6-4-3-5-14(15)17(20)21;1-2/h3-10,12H,1-2H3;1-2H3. The van der Waals surface area contributed by atoms with Crippen molar-refractivity contribution >= 4 is 26.8 Å². The fraction of sp³-hybridized carbons (Fsp3) is 0.263. The number of hydrogen-bond donors (Lipinski definition) is 0. The second kappa shape index (κ2) is 7.55. The third-order valence-corrected chi connectivity index (χ3v) is 3.86. The van der Waals surface area contributed by atoms with E-state index in [1.807, 2.05) is 76.2 Å². The zero-order valence-corrected chi connectivity index (χ0v) is 15.5. The molecule has 0 radical (unpaired) electrons. The minimum atomic E-state index is -0.0363. The van der Waals surface area contributed by atoms with Gasteiger partial charge in [0.05, 0.1) is 21.4 Å². The predicted octanol–water partition coefficient (Wildman–Crippen LogP) is 5.18. The summed E-state index contributed by atoms with van der Waals surface area (Å²) in [4.78, 5) is 17.5. The lowest BCUT2D eigenvalue weighted by Gasteiger charge is -2.15. The summed E-state index contributed by atoms with van der Waals surface area (Å²) in [5.74, 6) is 0.711. The van der Waals surface area contributed by atoms with Crippen molar-refractivity contribution in [2.24, 2.45) is 0 Å². The van der Waals surface area contributed by atoms with E-state index in [2.05, 4.69) is 20.9 Å². The lowest BCUT2D eigenvalue weighted by molar-refractivity contribution is 0.828. The van der Waals surface area contributed by atoms with Gasteiger partial charge in [0, 0.05) is 0 Å². The number of rotatable bonds is 2. The monoisotopic (exact) mass is 372 g/mol. The Balaban J connectivity index is 0.000000924. The van der Waals surface area contributed by atoms with Crippen LogP contribution in [0.15, 0.2) is 53.3 Å². The van der Waals surface area contributed by atoms with Crippen molar-refractivity contribution in [3.05, 3.63) is 70.3 Å². The molecule has 3 rings (SSSR count). The molecule has 0 aliphatic heterocycles. The Bertz CT molecular complexity index is 851. The Hall–Kier alpha value is -1.94. The van der Waals surface area contributed by atoms with Gasteiger partial charge in [0.25, 0.3) is 5.56 Å². The molecule has 2 aromatic carbocycles. The molecular weight excluding hydrogens is 352 g/mol. The topological polar surface area (TPSA) is 34.9 Å². The highest BCUT2D eigenvalue weighted by atomic mass is 79.9. The highest BCUT2D eigenvalue weighted by molar-refractivity contribution is 9.09. The van der Waals surface area contributed by atoms with Gasteiger partial charge in [-0.05, 0) is 38.1 Å². The summed E-state index contributed by atoms with van der Waals surface area (Å²) in [5, 5.41) is 0.634. The Morgan fingerprint density at radius 1 is 1.04 bits per heavy atom. The van der Waals surface area contributed by atoms with Crippen LogP contribution in [-0.4, -0.2) is 9.55 Å². The molecule has 23 heavy (non-hydrogen) atoms. The Kier molecular flexibility index (Phi) is 5.72. The van der Waals surface area contributed by atoms with Gasteiger partial charge in [0.2, 0.25) is 0 Å². The van der Waals surface area contributed by atoms with Gasteiger partial charge in [-0.15, -0.1) is 0 Å². The lowest BCUT2D eigenvalue weighted by Crippen LogP contribution is -2.24. The molecule has 4 heteroatoms. The quantitative estimate of drug-likeness (QED) is 0.581. The SMILES string of the molecule is CC.Cc1ccc(-n2c(C(C)Br)nc3ccccc3c2=O)cc1. The number of halogens is 1. The number of aromatic nitrogens is 2. The normalized spacial score (nSPS) is 11.7. The maximum atomic E-state index is 12.8. The Labute approximate surface area is 145 Å². The first-order valence-electron chi connectivity index (χ1n) is 7.81. The van der Waals surface area contributed by atoms with Crippen LogP contribution in [0, 0.1) is 6.92 Å². The summed E-state index contributed by atoms with van der Waals surface area (Å²) in [6, 6.07) is 15.3. The van der Waals surface area contributed by atoms with Crippen LogP contribution in [0.5, 0.6) is 0 Å². The van der Waals surface area contributed by atoms with Crippen molar-refractivity contribution in [1.82, 2.24) is 9.55 Å². The molecule has 0 fully saturated rings. The van der Waals surface area contributed by atoms with Crippen molar-refractivity contribution in [1.29, 1.82) is 0 Å². The van der Waals surface area contributed by atoms with E-state index in [0.717, 1.165) is 16.8 Å². The maximum Gasteiger partial charge on any atom is 0.265 e. The number of benzene rings is 2. The third kappa shape index (κ3) is 3.53. The molecular formula is C19H21BrN2O. The van der Waals surface area contributed by atoms with Gasteiger partial charge in [0.15, 0.2) is 0 Å². The van der Waals surface area contributed by atoms with E-state index >= 15 is 0 Å². The summed E-state index contributed by atoms with van der Waals surface area (Å²) in [6.07, 6.45) is 0. The van der Waals surface area contributed by atoms with Crippen LogP contribution in [0.3, 0.4) is 0 Å². The maximum absolute atomic E-state index is 12.8. The minimum absolute atomic E-state index is 0.0175. The zero-order valence-electron chi connectivity index (χ0n) is 13.9. The first-order chi connectivity index (χ1) is 11.1. The number of nitrogens with zero attached hydrogens (tertiary/aromatic N) is 2. The van der Waals surface area contributed by atoms with E-state index < -0.39 is 0 Å². The second-order valence-electron chi connectivity index (χ2n) is 5.08. The molecule has 1 heterocycles. The number of alkyl halides is 1. The van der Waals surface area contributed by atoms with Gasteiger partial charge < -0.3 is 0 Å². The van der Waals surface area contributed by atoms with Crippen LogP contribution in [0.2, 0.25) is 0 Å². The van der Waals surface area contributed by atoms with Crippen LogP contribution >= 0.6 is 15.9 Å². The molecule has 0 saturated heterocycles. The predicted molar refractivity (Wildman–Crippen MR) is 101 cm³/mol. The highest BCUT2D eigenvalue weighted by Gasteiger charge is 2.15. The smallest absolute Gasteiger partial charge is 0.265 e. The Morgan fingerprint density at radius 3 is 2.26 bits per heavy atom. The largest absolute Gasteiger partial charge is 0.268 e. The van der Waals surface area contributed by atoms with Gasteiger partial charge in [-0.2, -0.15) is 0 Å². The molecule has 1 aromatic heterocycles. The van der Waals surface area contributed by atoms with E-state index in [1.165, 1.54) is 0 Å². The van der Waals surface area contributed by atoms with Crippen LogP contribution in [0.4, 0.5) is 0 Å². The molecule has 1 atom stereocenters. The van der Waals surface area contributed by atoms with Gasteiger partial charge in [0.1, 0.15) is 5.82 Å². The van der Waals surface area contributed by atoms with Crippen LogP contribution < -0.4 is 5.56 Å². The van der Waals surface area contributed by atoms with Gasteiger partial charge in [-0.3, -0.25) is 9.36 Å². The summed E-state index contributed by atoms with van der Waals surface area (Å²) >= 11 is 3.54. The van der Waals surface area contributed by atoms with E-state index in [1.54, 1.807) is 4.57 Å². The molecule has 3 aromatic rings. The number of hydrogen-bond acceptors (Lipinski definition) is 2. The minimum Gasteiger partial charge on any atom is -0.268 e. The molecule has 0 spiro atoms.